The molecule has 2 aromatic carbocycles. The zero-order valence-corrected chi connectivity index (χ0v) is 17.5. The van der Waals surface area contributed by atoms with Crippen LogP contribution < -0.4 is 9.47 Å². The smallest absolute Gasteiger partial charge is 0.363 e. The Kier molecular flexibility index (Phi) is 5.97. The Bertz CT molecular complexity index is 1060. The van der Waals surface area contributed by atoms with Crippen LogP contribution >= 0.6 is 15.9 Å². The summed E-state index contributed by atoms with van der Waals surface area (Å²) in [5.74, 6) is 0.558. The molecule has 150 valence electrons. The van der Waals surface area contributed by atoms with Crippen molar-refractivity contribution in [3.8, 4) is 11.5 Å². The number of carbonyl (C=O) groups excluding carboxylic acids is 1. The monoisotopic (exact) mass is 460 g/mol. The summed E-state index contributed by atoms with van der Waals surface area (Å²) >= 11 is 3.44. The molecule has 1 aliphatic heterocycles. The van der Waals surface area contributed by atoms with Gasteiger partial charge in [-0.1, -0.05) is 0 Å². The molecule has 0 fully saturated rings. The Morgan fingerprint density at radius 2 is 2.07 bits per heavy atom. The van der Waals surface area contributed by atoms with Crippen molar-refractivity contribution in [1.29, 1.82) is 0 Å². The van der Waals surface area contributed by atoms with Gasteiger partial charge >= 0.3 is 5.97 Å². The van der Waals surface area contributed by atoms with Crippen LogP contribution in [0.4, 0.5) is 5.69 Å². The molecule has 0 N–H and O–H groups in total. The lowest BCUT2D eigenvalue weighted by Gasteiger charge is -2.12. The summed E-state index contributed by atoms with van der Waals surface area (Å²) in [6, 6.07) is 7.91. The van der Waals surface area contributed by atoms with Crippen LogP contribution in [0.2, 0.25) is 0 Å². The van der Waals surface area contributed by atoms with E-state index in [1.807, 2.05) is 6.92 Å². The molecule has 0 amide bonds. The van der Waals surface area contributed by atoms with Crippen molar-refractivity contribution >= 4 is 39.6 Å². The van der Waals surface area contributed by atoms with Crippen LogP contribution in [0.25, 0.3) is 6.08 Å². The second kappa shape index (κ2) is 8.44. The Hall–Kier alpha value is -3.20. The van der Waals surface area contributed by atoms with Crippen molar-refractivity contribution in [2.24, 2.45) is 4.99 Å². The standard InChI is InChI=1S/C20H17BrN2O6/c1-4-28-18-14(21)8-12(10-17(18)27-3)9-15-20(24)29-19(22-15)13-5-6-16(23(25)26)11(2)7-13/h5-10H,4H2,1-3H3/b15-9-. The first kappa shape index (κ1) is 20.5. The third-order valence-electron chi connectivity index (χ3n) is 4.10. The molecule has 0 unspecified atom stereocenters. The van der Waals surface area contributed by atoms with E-state index < -0.39 is 10.9 Å². The molecular formula is C20H17BrN2O6. The number of nitrogens with zero attached hydrogens (tertiary/aromatic N) is 2. The summed E-state index contributed by atoms with van der Waals surface area (Å²) in [6.07, 6.45) is 1.57. The lowest BCUT2D eigenvalue weighted by Crippen LogP contribution is -2.06. The van der Waals surface area contributed by atoms with E-state index in [1.54, 1.807) is 31.2 Å². The van der Waals surface area contributed by atoms with Gasteiger partial charge in [0.2, 0.25) is 5.90 Å². The van der Waals surface area contributed by atoms with Gasteiger partial charge in [0.25, 0.3) is 5.69 Å². The van der Waals surface area contributed by atoms with Gasteiger partial charge in [-0.05, 0) is 65.7 Å². The molecule has 3 rings (SSSR count). The van der Waals surface area contributed by atoms with Gasteiger partial charge in [-0.25, -0.2) is 9.79 Å². The van der Waals surface area contributed by atoms with Crippen LogP contribution in [0.3, 0.4) is 0 Å². The summed E-state index contributed by atoms with van der Waals surface area (Å²) < 4.78 is 16.8. The lowest BCUT2D eigenvalue weighted by molar-refractivity contribution is -0.385. The Morgan fingerprint density at radius 1 is 1.31 bits per heavy atom. The average Bonchev–Trinajstić information content (AvgIpc) is 3.03. The van der Waals surface area contributed by atoms with Gasteiger partial charge in [0, 0.05) is 17.2 Å². The number of carbonyl (C=O) groups is 1. The molecule has 0 atom stereocenters. The second-order valence-electron chi connectivity index (χ2n) is 6.06. The number of nitro benzene ring substituents is 1. The zero-order chi connectivity index (χ0) is 21.1. The zero-order valence-electron chi connectivity index (χ0n) is 15.9. The molecule has 0 aliphatic carbocycles. The Balaban J connectivity index is 1.96. The number of ether oxygens (including phenoxy) is 3. The van der Waals surface area contributed by atoms with Crippen molar-refractivity contribution in [3.63, 3.8) is 0 Å². The highest BCUT2D eigenvalue weighted by molar-refractivity contribution is 9.10. The second-order valence-corrected chi connectivity index (χ2v) is 6.92. The molecule has 0 saturated carbocycles. The van der Waals surface area contributed by atoms with Crippen molar-refractivity contribution in [2.45, 2.75) is 13.8 Å². The predicted octanol–water partition coefficient (Wildman–Crippen LogP) is 4.42. The Morgan fingerprint density at radius 3 is 2.69 bits per heavy atom. The van der Waals surface area contributed by atoms with Crippen LogP contribution in [0.15, 0.2) is 45.5 Å². The average molecular weight is 461 g/mol. The van der Waals surface area contributed by atoms with Gasteiger partial charge in [0.1, 0.15) is 0 Å². The third kappa shape index (κ3) is 4.29. The summed E-state index contributed by atoms with van der Waals surface area (Å²) in [5.41, 5.74) is 1.68. The third-order valence-corrected chi connectivity index (χ3v) is 4.69. The maximum Gasteiger partial charge on any atom is 0.363 e. The first-order chi connectivity index (χ1) is 13.8. The number of hydrogen-bond donors (Lipinski definition) is 0. The molecule has 8 nitrogen and oxygen atoms in total. The van der Waals surface area contributed by atoms with Crippen LogP contribution in [-0.2, 0) is 9.53 Å². The topological polar surface area (TPSA) is 100 Å². The number of benzene rings is 2. The van der Waals surface area contributed by atoms with Crippen molar-refractivity contribution < 1.29 is 23.9 Å². The lowest BCUT2D eigenvalue weighted by atomic mass is 10.1. The molecule has 0 radical (unpaired) electrons. The summed E-state index contributed by atoms with van der Waals surface area (Å²) in [5, 5.41) is 11.0. The molecular weight excluding hydrogens is 444 g/mol. The van der Waals surface area contributed by atoms with E-state index >= 15 is 0 Å². The van der Waals surface area contributed by atoms with Gasteiger partial charge in [0.15, 0.2) is 17.2 Å². The largest absolute Gasteiger partial charge is 0.493 e. The Labute approximate surface area is 175 Å². The summed E-state index contributed by atoms with van der Waals surface area (Å²) in [7, 11) is 1.53. The minimum atomic E-state index is -0.611. The molecule has 2 aromatic rings. The molecule has 0 spiro atoms. The number of esters is 1. The number of aliphatic imine (C=N–C) groups is 1. The van der Waals surface area contributed by atoms with Crippen molar-refractivity contribution in [1.82, 2.24) is 0 Å². The maximum atomic E-state index is 12.3. The van der Waals surface area contributed by atoms with E-state index in [4.69, 9.17) is 14.2 Å². The molecule has 1 aliphatic rings. The summed E-state index contributed by atoms with van der Waals surface area (Å²) in [4.78, 5) is 27.0. The number of aryl methyl sites for hydroxylation is 1. The molecule has 29 heavy (non-hydrogen) atoms. The van der Waals surface area contributed by atoms with E-state index in [-0.39, 0.29) is 17.3 Å². The SMILES string of the molecule is CCOc1c(Br)cc(/C=C2\N=C(c3ccc([N+](=O)[O-])c(C)c3)OC2=O)cc1OC. The number of nitro groups is 1. The highest BCUT2D eigenvalue weighted by Gasteiger charge is 2.25. The van der Waals surface area contributed by atoms with E-state index in [2.05, 4.69) is 20.9 Å². The fraction of sp³-hybridized carbons (Fsp3) is 0.200. The van der Waals surface area contributed by atoms with Crippen LogP contribution in [0.1, 0.15) is 23.6 Å². The summed E-state index contributed by atoms with van der Waals surface area (Å²) in [6.45, 7) is 3.95. The fourth-order valence-electron chi connectivity index (χ4n) is 2.79. The molecule has 0 aromatic heterocycles. The van der Waals surface area contributed by atoms with Crippen LogP contribution in [0.5, 0.6) is 11.5 Å². The van der Waals surface area contributed by atoms with Crippen LogP contribution in [-0.4, -0.2) is 30.5 Å². The molecule has 9 heteroatoms. The number of cyclic esters (lactones) is 1. The number of halogens is 1. The fourth-order valence-corrected chi connectivity index (χ4v) is 3.37. The highest BCUT2D eigenvalue weighted by atomic mass is 79.9. The molecule has 1 heterocycles. The highest BCUT2D eigenvalue weighted by Crippen LogP contribution is 2.37. The van der Waals surface area contributed by atoms with E-state index in [1.165, 1.54) is 19.2 Å². The van der Waals surface area contributed by atoms with Gasteiger partial charge in [-0.15, -0.1) is 0 Å². The predicted molar refractivity (Wildman–Crippen MR) is 110 cm³/mol. The maximum absolute atomic E-state index is 12.3. The molecule has 0 bridgehead atoms. The van der Waals surface area contributed by atoms with Gasteiger partial charge in [0.05, 0.1) is 23.1 Å². The first-order valence-corrected chi connectivity index (χ1v) is 9.41. The molecule has 0 saturated heterocycles. The van der Waals surface area contributed by atoms with E-state index in [0.717, 1.165) is 0 Å². The normalized spacial score (nSPS) is 14.6. The minimum absolute atomic E-state index is 0.0132. The van der Waals surface area contributed by atoms with Gasteiger partial charge in [-0.3, -0.25) is 10.1 Å². The van der Waals surface area contributed by atoms with Gasteiger partial charge in [-0.2, -0.15) is 0 Å². The number of methoxy groups -OCH3 is 1. The quantitative estimate of drug-likeness (QED) is 0.273. The van der Waals surface area contributed by atoms with Crippen LogP contribution in [0, 0.1) is 17.0 Å². The van der Waals surface area contributed by atoms with Crippen molar-refractivity contribution in [3.05, 3.63) is 67.3 Å². The van der Waals surface area contributed by atoms with E-state index in [9.17, 15) is 14.9 Å². The van der Waals surface area contributed by atoms with E-state index in [0.29, 0.717) is 39.3 Å². The van der Waals surface area contributed by atoms with Gasteiger partial charge < -0.3 is 14.2 Å². The first-order valence-electron chi connectivity index (χ1n) is 8.62. The van der Waals surface area contributed by atoms with Crippen molar-refractivity contribution in [2.75, 3.05) is 13.7 Å². The number of rotatable bonds is 6. The number of hydrogen-bond acceptors (Lipinski definition) is 7. The minimum Gasteiger partial charge on any atom is -0.493 e.